The minimum absolute atomic E-state index is 0.0219. The molecule has 0 saturated carbocycles. The molecule has 24 heavy (non-hydrogen) atoms. The van der Waals surface area contributed by atoms with E-state index in [1.807, 2.05) is 13.0 Å². The zero-order valence-corrected chi connectivity index (χ0v) is 14.5. The molecule has 2 N–H and O–H groups in total. The number of benzene rings is 1. The van der Waals surface area contributed by atoms with Crippen LogP contribution in [0.15, 0.2) is 24.3 Å². The first kappa shape index (κ1) is 18.3. The van der Waals surface area contributed by atoms with Crippen molar-refractivity contribution in [2.45, 2.75) is 19.8 Å². The maximum absolute atomic E-state index is 12.2. The molecule has 0 radical (unpaired) electrons. The summed E-state index contributed by atoms with van der Waals surface area (Å²) in [6.45, 7) is 5.16. The quantitative estimate of drug-likeness (QED) is 0.788. The van der Waals surface area contributed by atoms with Gasteiger partial charge in [-0.2, -0.15) is 0 Å². The van der Waals surface area contributed by atoms with Crippen LogP contribution in [0, 0.1) is 5.92 Å². The molecule has 132 valence electrons. The minimum Gasteiger partial charge on any atom is -0.493 e. The molecule has 0 aliphatic carbocycles. The van der Waals surface area contributed by atoms with E-state index in [4.69, 9.17) is 4.74 Å². The Morgan fingerprint density at radius 1 is 1.21 bits per heavy atom. The highest BCUT2D eigenvalue weighted by molar-refractivity contribution is 5.98. The first-order valence-electron chi connectivity index (χ1n) is 8.55. The van der Waals surface area contributed by atoms with Crippen molar-refractivity contribution < 1.29 is 14.3 Å². The van der Waals surface area contributed by atoms with Crippen LogP contribution >= 0.6 is 0 Å². The van der Waals surface area contributed by atoms with Crippen LogP contribution in [0.5, 0.6) is 5.75 Å². The molecule has 0 atom stereocenters. The summed E-state index contributed by atoms with van der Waals surface area (Å²) in [7, 11) is 2.12. The summed E-state index contributed by atoms with van der Waals surface area (Å²) in [6.07, 6.45) is 2.20. The van der Waals surface area contributed by atoms with Crippen molar-refractivity contribution >= 4 is 11.8 Å². The highest BCUT2D eigenvalue weighted by Crippen LogP contribution is 2.17. The predicted octanol–water partition coefficient (Wildman–Crippen LogP) is 1.27. The zero-order valence-electron chi connectivity index (χ0n) is 14.5. The summed E-state index contributed by atoms with van der Waals surface area (Å²) in [5.41, 5.74) is 0.447. The third-order valence-electron chi connectivity index (χ3n) is 4.27. The van der Waals surface area contributed by atoms with E-state index in [0.717, 1.165) is 25.9 Å². The number of ether oxygens (including phenoxy) is 1. The molecule has 0 spiro atoms. The largest absolute Gasteiger partial charge is 0.493 e. The fraction of sp³-hybridized carbons (Fsp3) is 0.556. The van der Waals surface area contributed by atoms with E-state index in [9.17, 15) is 9.59 Å². The predicted molar refractivity (Wildman–Crippen MR) is 93.2 cm³/mol. The van der Waals surface area contributed by atoms with Crippen molar-refractivity contribution in [2.24, 2.45) is 5.92 Å². The van der Waals surface area contributed by atoms with Crippen LogP contribution in [-0.2, 0) is 4.79 Å². The second-order valence-corrected chi connectivity index (χ2v) is 6.16. The molecule has 2 amide bonds. The Bertz CT molecular complexity index is 554. The molecule has 1 aromatic rings. The van der Waals surface area contributed by atoms with Gasteiger partial charge in [-0.25, -0.2) is 0 Å². The van der Waals surface area contributed by atoms with E-state index in [0.29, 0.717) is 30.4 Å². The number of hydrogen-bond acceptors (Lipinski definition) is 4. The van der Waals surface area contributed by atoms with Gasteiger partial charge in [0, 0.05) is 6.54 Å². The van der Waals surface area contributed by atoms with Gasteiger partial charge >= 0.3 is 0 Å². The summed E-state index contributed by atoms with van der Waals surface area (Å²) in [5, 5.41) is 5.56. The minimum atomic E-state index is -0.298. The average molecular weight is 333 g/mol. The monoisotopic (exact) mass is 333 g/mol. The lowest BCUT2D eigenvalue weighted by atomic mass is 9.97. The Hall–Kier alpha value is -2.08. The van der Waals surface area contributed by atoms with Crippen molar-refractivity contribution in [3.8, 4) is 5.75 Å². The number of likely N-dealkylation sites (tertiary alicyclic amines) is 1. The lowest BCUT2D eigenvalue weighted by Crippen LogP contribution is -2.41. The molecule has 1 aliphatic rings. The first-order chi connectivity index (χ1) is 11.6. The van der Waals surface area contributed by atoms with E-state index in [2.05, 4.69) is 22.6 Å². The molecule has 0 aromatic heterocycles. The number of nitrogens with zero attached hydrogens (tertiary/aromatic N) is 1. The first-order valence-corrected chi connectivity index (χ1v) is 8.55. The number of hydrogen-bond donors (Lipinski definition) is 2. The van der Waals surface area contributed by atoms with Gasteiger partial charge in [0.05, 0.1) is 18.7 Å². The summed E-state index contributed by atoms with van der Waals surface area (Å²) in [4.78, 5) is 26.4. The third-order valence-corrected chi connectivity index (χ3v) is 4.27. The fourth-order valence-corrected chi connectivity index (χ4v) is 2.78. The second-order valence-electron chi connectivity index (χ2n) is 6.16. The van der Waals surface area contributed by atoms with Crippen molar-refractivity contribution in [1.82, 2.24) is 15.5 Å². The molecule has 6 nitrogen and oxygen atoms in total. The molecule has 1 heterocycles. The van der Waals surface area contributed by atoms with Gasteiger partial charge in [0.15, 0.2) is 0 Å². The van der Waals surface area contributed by atoms with E-state index < -0.39 is 0 Å². The van der Waals surface area contributed by atoms with Crippen LogP contribution in [0.1, 0.15) is 30.1 Å². The number of para-hydroxylation sites is 1. The Morgan fingerprint density at radius 3 is 2.62 bits per heavy atom. The van der Waals surface area contributed by atoms with Gasteiger partial charge in [0.25, 0.3) is 5.91 Å². The zero-order chi connectivity index (χ0) is 17.4. The van der Waals surface area contributed by atoms with Crippen LogP contribution in [-0.4, -0.2) is 56.5 Å². The fourth-order valence-electron chi connectivity index (χ4n) is 2.78. The summed E-state index contributed by atoms with van der Waals surface area (Å²) < 4.78 is 5.44. The molecule has 0 unspecified atom stereocenters. The van der Waals surface area contributed by atoms with E-state index >= 15 is 0 Å². The van der Waals surface area contributed by atoms with Crippen LogP contribution in [0.2, 0.25) is 0 Å². The van der Waals surface area contributed by atoms with Gasteiger partial charge in [0.2, 0.25) is 5.91 Å². The molecule has 1 saturated heterocycles. The van der Waals surface area contributed by atoms with Gasteiger partial charge in [-0.05, 0) is 58.0 Å². The lowest BCUT2D eigenvalue weighted by molar-refractivity contribution is -0.120. The topological polar surface area (TPSA) is 70.7 Å². The standard InChI is InChI=1S/C18H27N3O3/c1-3-24-16-7-5-4-6-15(16)18(23)20-13-17(22)19-12-14-8-10-21(2)11-9-14/h4-7,14H,3,8-13H2,1-2H3,(H,19,22)(H,20,23). The third kappa shape index (κ3) is 5.53. The van der Waals surface area contributed by atoms with Crippen LogP contribution in [0.25, 0.3) is 0 Å². The van der Waals surface area contributed by atoms with Gasteiger partial charge in [-0.15, -0.1) is 0 Å². The van der Waals surface area contributed by atoms with Crippen LogP contribution < -0.4 is 15.4 Å². The molecule has 1 aromatic carbocycles. The van der Waals surface area contributed by atoms with Gasteiger partial charge in [-0.1, -0.05) is 12.1 Å². The van der Waals surface area contributed by atoms with Gasteiger partial charge < -0.3 is 20.3 Å². The SMILES string of the molecule is CCOc1ccccc1C(=O)NCC(=O)NCC1CCN(C)CC1. The Kier molecular flexibility index (Phi) is 7.06. The number of piperidine rings is 1. The van der Waals surface area contributed by atoms with Gasteiger partial charge in [0.1, 0.15) is 5.75 Å². The number of carbonyl (C=O) groups excluding carboxylic acids is 2. The van der Waals surface area contributed by atoms with Crippen molar-refractivity contribution in [2.75, 3.05) is 39.8 Å². The normalized spacial score (nSPS) is 15.8. The molecular formula is C18H27N3O3. The Morgan fingerprint density at radius 2 is 1.92 bits per heavy atom. The molecular weight excluding hydrogens is 306 g/mol. The van der Waals surface area contributed by atoms with Gasteiger partial charge in [-0.3, -0.25) is 9.59 Å². The second kappa shape index (κ2) is 9.27. The van der Waals surface area contributed by atoms with E-state index in [-0.39, 0.29) is 18.4 Å². The number of rotatable bonds is 7. The average Bonchev–Trinajstić information content (AvgIpc) is 2.60. The Balaban J connectivity index is 1.74. The number of nitrogens with one attached hydrogen (secondary N) is 2. The lowest BCUT2D eigenvalue weighted by Gasteiger charge is -2.28. The molecule has 6 heteroatoms. The maximum Gasteiger partial charge on any atom is 0.255 e. The highest BCUT2D eigenvalue weighted by atomic mass is 16.5. The maximum atomic E-state index is 12.2. The summed E-state index contributed by atoms with van der Waals surface area (Å²) in [6, 6.07) is 7.03. The summed E-state index contributed by atoms with van der Waals surface area (Å²) >= 11 is 0. The molecule has 0 bridgehead atoms. The smallest absolute Gasteiger partial charge is 0.255 e. The molecule has 1 aliphatic heterocycles. The summed E-state index contributed by atoms with van der Waals surface area (Å²) in [5.74, 6) is 0.605. The molecule has 1 fully saturated rings. The van der Waals surface area contributed by atoms with E-state index in [1.165, 1.54) is 0 Å². The van der Waals surface area contributed by atoms with E-state index in [1.54, 1.807) is 18.2 Å². The highest BCUT2D eigenvalue weighted by Gasteiger charge is 2.18. The number of carbonyl (C=O) groups is 2. The van der Waals surface area contributed by atoms with Crippen molar-refractivity contribution in [3.05, 3.63) is 29.8 Å². The number of amides is 2. The van der Waals surface area contributed by atoms with Crippen LogP contribution in [0.3, 0.4) is 0 Å². The molecule has 2 rings (SSSR count). The Labute approximate surface area is 143 Å². The van der Waals surface area contributed by atoms with Crippen molar-refractivity contribution in [3.63, 3.8) is 0 Å². The van der Waals surface area contributed by atoms with Crippen LogP contribution in [0.4, 0.5) is 0 Å². The van der Waals surface area contributed by atoms with Crippen molar-refractivity contribution in [1.29, 1.82) is 0 Å².